The van der Waals surface area contributed by atoms with Gasteiger partial charge in [0.15, 0.2) is 0 Å². The van der Waals surface area contributed by atoms with E-state index in [1.807, 2.05) is 55.4 Å². The van der Waals surface area contributed by atoms with E-state index in [4.69, 9.17) is 0 Å². The largest absolute Gasteiger partial charge is 2.00 e. The Morgan fingerprint density at radius 2 is 1.05 bits per heavy atom. The second-order valence-electron chi connectivity index (χ2n) is 21.8. The van der Waals surface area contributed by atoms with Crippen LogP contribution in [0.1, 0.15) is 208 Å². The fourth-order valence-electron chi connectivity index (χ4n) is 17.3. The molecule has 0 aromatic heterocycles. The monoisotopic (exact) mass is 873 g/mol. The summed E-state index contributed by atoms with van der Waals surface area (Å²) in [5, 5.41) is 30.2. The smallest absolute Gasteiger partial charge is 1.00 e. The Bertz CT molecular complexity index is 1380. The van der Waals surface area contributed by atoms with E-state index in [2.05, 4.69) is 46.8 Å². The van der Waals surface area contributed by atoms with E-state index in [-0.39, 0.29) is 79.8 Å². The van der Waals surface area contributed by atoms with Crippen molar-refractivity contribution in [3.63, 3.8) is 0 Å². The second kappa shape index (κ2) is 22.2. The van der Waals surface area contributed by atoms with E-state index >= 15 is 0 Å². The molecule has 350 valence electrons. The maximum atomic E-state index is 11.7. The molecule has 12 aliphatic carbocycles. The first kappa shape index (κ1) is 56.5. The molecule has 0 saturated heterocycles. The van der Waals surface area contributed by atoms with Gasteiger partial charge in [-0.2, -0.15) is 0 Å². The van der Waals surface area contributed by atoms with Gasteiger partial charge in [-0.25, -0.2) is 0 Å². The van der Waals surface area contributed by atoms with Crippen LogP contribution in [-0.2, 0) is 4.79 Å². The molecule has 8 bridgehead atoms. The number of carbonyl (C=O) groups excluding carboxylic acids is 1. The number of aliphatic hydroxyl groups is 3. The summed E-state index contributed by atoms with van der Waals surface area (Å²) >= 11 is 0. The molecule has 12 aliphatic rings. The van der Waals surface area contributed by atoms with E-state index in [0.717, 1.165) is 90.8 Å². The van der Waals surface area contributed by atoms with E-state index in [1.54, 1.807) is 0 Å². The molecule has 4 nitrogen and oxygen atoms in total. The van der Waals surface area contributed by atoms with Gasteiger partial charge in [0.05, 0.1) is 17.8 Å². The SMILES string of the molecule is CC.CC.CC.CC.CC1(O)CC2CC1(C)C1CCCC21.CC12CC(CC1=O)C1CCCC12.CC12CC(CC1O)C1CC=CC12.CC12CC(CC1O)C1CCCC12.[CH3-].[Cl-].[HH].[HH].[Mg+2]. The van der Waals surface area contributed by atoms with Crippen molar-refractivity contribution >= 4 is 28.8 Å². The fourth-order valence-corrected chi connectivity index (χ4v) is 17.3. The summed E-state index contributed by atoms with van der Waals surface area (Å²) in [6.45, 7) is 27.2. The number of halogens is 1. The molecule has 19 atom stereocenters. The molecule has 60 heavy (non-hydrogen) atoms. The van der Waals surface area contributed by atoms with Crippen LogP contribution in [0.25, 0.3) is 0 Å². The Morgan fingerprint density at radius 3 is 1.63 bits per heavy atom. The van der Waals surface area contributed by atoms with Gasteiger partial charge in [-0.1, -0.05) is 114 Å². The van der Waals surface area contributed by atoms with Crippen LogP contribution in [0, 0.1) is 100 Å². The van der Waals surface area contributed by atoms with Crippen LogP contribution < -0.4 is 12.4 Å². The predicted molar refractivity (Wildman–Crippen MR) is 256 cm³/mol. The van der Waals surface area contributed by atoms with Gasteiger partial charge < -0.3 is 35.2 Å². The normalized spacial score (nSPS) is 50.4. The van der Waals surface area contributed by atoms with E-state index in [1.165, 1.54) is 89.9 Å². The van der Waals surface area contributed by atoms with Crippen molar-refractivity contribution in [3.8, 4) is 0 Å². The van der Waals surface area contributed by atoms with Gasteiger partial charge in [-0.05, 0) is 179 Å². The van der Waals surface area contributed by atoms with Gasteiger partial charge in [-0.3, -0.25) is 4.79 Å². The van der Waals surface area contributed by atoms with Crippen LogP contribution in [0.5, 0.6) is 0 Å². The minimum atomic E-state index is -0.358. The summed E-state index contributed by atoms with van der Waals surface area (Å²) in [6.07, 6.45) is 27.9. The quantitative estimate of drug-likeness (QED) is 0.129. The topological polar surface area (TPSA) is 77.8 Å². The summed E-state index contributed by atoms with van der Waals surface area (Å²) in [5.74, 6) is 10.9. The van der Waals surface area contributed by atoms with Crippen LogP contribution >= 0.6 is 0 Å². The molecule has 12 rings (SSSR count). The number of hydrogen-bond donors (Lipinski definition) is 3. The summed E-state index contributed by atoms with van der Waals surface area (Å²) in [6, 6.07) is 0. The van der Waals surface area contributed by atoms with Crippen molar-refractivity contribution in [1.82, 2.24) is 0 Å². The summed E-state index contributed by atoms with van der Waals surface area (Å²) < 4.78 is 0. The Morgan fingerprint density at radius 1 is 0.583 bits per heavy atom. The Kier molecular flexibility index (Phi) is 20.9. The minimum absolute atomic E-state index is 0. The van der Waals surface area contributed by atoms with Crippen molar-refractivity contribution in [2.75, 3.05) is 0 Å². The van der Waals surface area contributed by atoms with Gasteiger partial charge >= 0.3 is 23.1 Å². The summed E-state index contributed by atoms with van der Waals surface area (Å²) in [4.78, 5) is 11.7. The number of rotatable bonds is 0. The zero-order valence-corrected chi connectivity index (χ0v) is 44.0. The number of allylic oxidation sites excluding steroid dienone is 2. The third kappa shape index (κ3) is 9.21. The number of aliphatic hydroxyl groups excluding tert-OH is 2. The Labute approximate surface area is 397 Å². The van der Waals surface area contributed by atoms with Gasteiger partial charge in [0.1, 0.15) is 5.78 Å². The van der Waals surface area contributed by atoms with E-state index in [9.17, 15) is 20.1 Å². The van der Waals surface area contributed by atoms with Crippen molar-refractivity contribution in [1.29, 1.82) is 0 Å². The fraction of sp³-hybridized carbons (Fsp3) is 0.926. The maximum absolute atomic E-state index is 11.7. The zero-order valence-electron chi connectivity index (χ0n) is 41.8. The molecule has 0 heterocycles. The minimum Gasteiger partial charge on any atom is -1.00 e. The second-order valence-corrected chi connectivity index (χ2v) is 21.8. The van der Waals surface area contributed by atoms with Crippen LogP contribution in [0.2, 0.25) is 0 Å². The molecule has 0 aliphatic heterocycles. The number of carbonyl (C=O) groups is 1. The number of ketones is 1. The molecule has 0 spiro atoms. The number of Topliss-reactive ketones (excluding diaryl/α,β-unsaturated/α-hetero) is 1. The first-order valence-corrected chi connectivity index (χ1v) is 25.5. The average Bonchev–Trinajstić information content (AvgIpc) is 4.03. The van der Waals surface area contributed by atoms with Crippen LogP contribution in [0.4, 0.5) is 0 Å². The molecule has 6 heteroatoms. The molecule has 11 saturated carbocycles. The number of hydrogen-bond acceptors (Lipinski definition) is 4. The van der Waals surface area contributed by atoms with Crippen molar-refractivity contribution in [2.45, 2.75) is 223 Å². The zero-order chi connectivity index (χ0) is 42.3. The molecule has 11 fully saturated rings. The molecule has 0 amide bonds. The van der Waals surface area contributed by atoms with Crippen LogP contribution in [0.3, 0.4) is 0 Å². The predicted octanol–water partition coefficient (Wildman–Crippen LogP) is 10.8. The Hall–Kier alpha value is 0.346. The van der Waals surface area contributed by atoms with Gasteiger partial charge in [0, 0.05) is 20.1 Å². The summed E-state index contributed by atoms with van der Waals surface area (Å²) in [5.41, 5.74) is 0.599. The third-order valence-electron chi connectivity index (χ3n) is 19.9. The van der Waals surface area contributed by atoms with E-state index in [0.29, 0.717) is 17.1 Å². The summed E-state index contributed by atoms with van der Waals surface area (Å²) in [7, 11) is 0. The van der Waals surface area contributed by atoms with Gasteiger partial charge in [0.2, 0.25) is 0 Å². The van der Waals surface area contributed by atoms with Crippen molar-refractivity contribution < 1.29 is 35.4 Å². The van der Waals surface area contributed by atoms with Crippen molar-refractivity contribution in [3.05, 3.63) is 19.6 Å². The Balaban J connectivity index is 0.000000740. The molecule has 0 radical (unpaired) electrons. The molecule has 0 aromatic carbocycles. The molecular weight excluding hydrogens is 772 g/mol. The first-order valence-electron chi connectivity index (χ1n) is 25.5. The van der Waals surface area contributed by atoms with Gasteiger partial charge in [-0.15, -0.1) is 0 Å². The molecular formula is C54H101ClMgO4. The third-order valence-corrected chi connectivity index (χ3v) is 19.9. The van der Waals surface area contributed by atoms with Gasteiger partial charge in [0.25, 0.3) is 0 Å². The van der Waals surface area contributed by atoms with Crippen LogP contribution in [-0.4, -0.2) is 62.0 Å². The molecule has 0 aromatic rings. The molecule has 3 N–H and O–H groups in total. The van der Waals surface area contributed by atoms with Crippen molar-refractivity contribution in [2.24, 2.45) is 92.7 Å². The molecule has 19 unspecified atom stereocenters. The van der Waals surface area contributed by atoms with Crippen LogP contribution in [0.15, 0.2) is 12.2 Å². The first-order chi connectivity index (χ1) is 27.2. The maximum Gasteiger partial charge on any atom is 2.00 e. The number of fused-ring (bicyclic) bond motifs is 20. The van der Waals surface area contributed by atoms with E-state index < -0.39 is 0 Å². The average molecular weight is 874 g/mol. The standard InChI is InChI=1S/C12H20O.C11H18O.2C11H16O.4C2H6.CH3.ClH.Mg.2H2/c1-11-6-8(7-12(11,2)13)9-4-3-5-10(9)11;3*1-11-6-7(5-10(11)12)8-3-2-4-9(8)11;4*1-2;;;;;/h8-10,13H,3-7H2,1-2H3;7-10,12H,2-6H2,1H3;7-9H,2-6H2,1H3;2,4,7-10,12H,3,5-6H2,1H3;4*1-2H3;1H3;1H;;2*1H/q;;;;;;;;-1;;+2;;/p-1.